The van der Waals surface area contributed by atoms with Crippen molar-refractivity contribution in [2.45, 2.75) is 26.8 Å². The molecular weight excluding hydrogens is 270 g/mol. The topological polar surface area (TPSA) is 81.8 Å². The molecule has 0 saturated heterocycles. The number of pyridine rings is 1. The second kappa shape index (κ2) is 6.34. The van der Waals surface area contributed by atoms with Crippen molar-refractivity contribution < 1.29 is 4.79 Å². The van der Waals surface area contributed by atoms with E-state index in [2.05, 4.69) is 15.6 Å². The van der Waals surface area contributed by atoms with Gasteiger partial charge in [0.2, 0.25) is 0 Å². The first-order valence-corrected chi connectivity index (χ1v) is 6.80. The third-order valence-electron chi connectivity index (χ3n) is 3.54. The predicted octanol–water partition coefficient (Wildman–Crippen LogP) is 0.414. The Hall–Kier alpha value is -2.44. The molecule has 0 aliphatic rings. The van der Waals surface area contributed by atoms with Gasteiger partial charge < -0.3 is 9.88 Å². The number of nitrogens with zero attached hydrogens (tertiary/aromatic N) is 4. The molecule has 0 aliphatic carbocycles. The summed E-state index contributed by atoms with van der Waals surface area (Å²) in [5.74, 6) is -0.336. The standard InChI is InChI=1S/C14H19N5O2/c1-10-9-12(14(21)18(3)11(10)2)13(20)15-5-4-7-19-8-6-16-17-19/h6,8-9H,4-5,7H2,1-3H3,(H,15,20). The van der Waals surface area contributed by atoms with Gasteiger partial charge in [-0.2, -0.15) is 0 Å². The van der Waals surface area contributed by atoms with Crippen LogP contribution >= 0.6 is 0 Å². The van der Waals surface area contributed by atoms with Crippen molar-refractivity contribution in [3.8, 4) is 0 Å². The molecule has 2 aromatic rings. The summed E-state index contributed by atoms with van der Waals surface area (Å²) in [5, 5.41) is 10.3. The van der Waals surface area contributed by atoms with Gasteiger partial charge in [0.25, 0.3) is 11.5 Å². The number of carbonyl (C=O) groups is 1. The summed E-state index contributed by atoms with van der Waals surface area (Å²) < 4.78 is 3.20. The fourth-order valence-corrected chi connectivity index (χ4v) is 2.03. The molecule has 0 unspecified atom stereocenters. The Bertz CT molecular complexity index is 688. The molecule has 112 valence electrons. The first kappa shape index (κ1) is 15.0. The van der Waals surface area contributed by atoms with Crippen LogP contribution in [0.4, 0.5) is 0 Å². The fourth-order valence-electron chi connectivity index (χ4n) is 2.03. The molecule has 21 heavy (non-hydrogen) atoms. The Morgan fingerprint density at radius 3 is 2.81 bits per heavy atom. The molecule has 2 rings (SSSR count). The van der Waals surface area contributed by atoms with Crippen molar-refractivity contribution >= 4 is 5.91 Å². The minimum absolute atomic E-state index is 0.182. The second-order valence-corrected chi connectivity index (χ2v) is 4.97. The third kappa shape index (κ3) is 3.36. The van der Waals surface area contributed by atoms with Crippen LogP contribution in [0.3, 0.4) is 0 Å². The second-order valence-electron chi connectivity index (χ2n) is 4.97. The first-order valence-electron chi connectivity index (χ1n) is 6.80. The quantitative estimate of drug-likeness (QED) is 0.808. The van der Waals surface area contributed by atoms with Gasteiger partial charge in [-0.3, -0.25) is 14.3 Å². The van der Waals surface area contributed by atoms with Crippen molar-refractivity contribution in [3.63, 3.8) is 0 Å². The summed E-state index contributed by atoms with van der Waals surface area (Å²) in [4.78, 5) is 24.2. The van der Waals surface area contributed by atoms with E-state index < -0.39 is 0 Å². The zero-order chi connectivity index (χ0) is 15.4. The van der Waals surface area contributed by atoms with Crippen LogP contribution in [0.15, 0.2) is 23.3 Å². The molecule has 0 saturated carbocycles. The van der Waals surface area contributed by atoms with Gasteiger partial charge in [-0.1, -0.05) is 5.21 Å². The first-order chi connectivity index (χ1) is 10.0. The van der Waals surface area contributed by atoms with Crippen LogP contribution in [0.1, 0.15) is 28.0 Å². The lowest BCUT2D eigenvalue weighted by molar-refractivity contribution is 0.0950. The molecule has 0 radical (unpaired) electrons. The van der Waals surface area contributed by atoms with E-state index >= 15 is 0 Å². The van der Waals surface area contributed by atoms with Crippen molar-refractivity contribution in [1.82, 2.24) is 24.9 Å². The molecule has 2 aromatic heterocycles. The minimum Gasteiger partial charge on any atom is -0.352 e. The molecule has 1 amide bonds. The van der Waals surface area contributed by atoms with Gasteiger partial charge >= 0.3 is 0 Å². The number of aryl methyl sites for hydroxylation is 2. The highest BCUT2D eigenvalue weighted by atomic mass is 16.2. The highest BCUT2D eigenvalue weighted by Crippen LogP contribution is 2.05. The number of rotatable bonds is 5. The van der Waals surface area contributed by atoms with Crippen LogP contribution in [0.5, 0.6) is 0 Å². The Morgan fingerprint density at radius 2 is 2.14 bits per heavy atom. The predicted molar refractivity (Wildman–Crippen MR) is 78.1 cm³/mol. The van der Waals surface area contributed by atoms with Crippen LogP contribution in [0, 0.1) is 13.8 Å². The smallest absolute Gasteiger partial charge is 0.263 e. The summed E-state index contributed by atoms with van der Waals surface area (Å²) in [6, 6.07) is 1.64. The van der Waals surface area contributed by atoms with Crippen LogP contribution < -0.4 is 10.9 Å². The van der Waals surface area contributed by atoms with Crippen molar-refractivity contribution in [3.05, 3.63) is 45.6 Å². The normalized spacial score (nSPS) is 10.6. The zero-order valence-electron chi connectivity index (χ0n) is 12.5. The van der Waals surface area contributed by atoms with Crippen LogP contribution in [0.2, 0.25) is 0 Å². The Morgan fingerprint density at radius 1 is 1.38 bits per heavy atom. The largest absolute Gasteiger partial charge is 0.352 e. The number of amides is 1. The van der Waals surface area contributed by atoms with Crippen molar-refractivity contribution in [2.75, 3.05) is 6.54 Å². The van der Waals surface area contributed by atoms with Gasteiger partial charge in [-0.25, -0.2) is 0 Å². The van der Waals surface area contributed by atoms with Crippen molar-refractivity contribution in [2.24, 2.45) is 7.05 Å². The third-order valence-corrected chi connectivity index (χ3v) is 3.54. The molecule has 0 atom stereocenters. The molecule has 2 heterocycles. The average Bonchev–Trinajstić information content (AvgIpc) is 2.98. The van der Waals surface area contributed by atoms with Gasteiger partial charge in [0, 0.05) is 32.0 Å². The van der Waals surface area contributed by atoms with Gasteiger partial charge in [0.05, 0.1) is 6.20 Å². The maximum atomic E-state index is 12.1. The lowest BCUT2D eigenvalue weighted by atomic mass is 10.1. The van der Waals surface area contributed by atoms with E-state index in [0.29, 0.717) is 13.1 Å². The van der Waals surface area contributed by atoms with Crippen LogP contribution in [-0.4, -0.2) is 32.0 Å². The molecule has 1 N–H and O–H groups in total. The number of hydrogen-bond acceptors (Lipinski definition) is 4. The number of aromatic nitrogens is 4. The molecule has 0 fully saturated rings. The highest BCUT2D eigenvalue weighted by molar-refractivity contribution is 5.94. The van der Waals surface area contributed by atoms with E-state index in [9.17, 15) is 9.59 Å². The summed E-state index contributed by atoms with van der Waals surface area (Å²) in [5.41, 5.74) is 1.70. The van der Waals surface area contributed by atoms with E-state index in [1.807, 2.05) is 13.8 Å². The monoisotopic (exact) mass is 289 g/mol. The highest BCUT2D eigenvalue weighted by Gasteiger charge is 2.13. The fraction of sp³-hybridized carbons (Fsp3) is 0.429. The summed E-state index contributed by atoms with van der Waals surface area (Å²) in [6.07, 6.45) is 4.10. The van der Waals surface area contributed by atoms with Crippen LogP contribution in [-0.2, 0) is 13.6 Å². The average molecular weight is 289 g/mol. The maximum Gasteiger partial charge on any atom is 0.263 e. The summed E-state index contributed by atoms with van der Waals surface area (Å²) >= 11 is 0. The Kier molecular flexibility index (Phi) is 4.52. The van der Waals surface area contributed by atoms with E-state index in [0.717, 1.165) is 17.7 Å². The maximum absolute atomic E-state index is 12.1. The zero-order valence-corrected chi connectivity index (χ0v) is 12.5. The van der Waals surface area contributed by atoms with Gasteiger partial charge in [-0.15, -0.1) is 5.10 Å². The molecule has 7 heteroatoms. The molecule has 0 aliphatic heterocycles. The number of carbonyl (C=O) groups excluding carboxylic acids is 1. The molecule has 7 nitrogen and oxygen atoms in total. The minimum atomic E-state index is -0.336. The SMILES string of the molecule is Cc1cc(C(=O)NCCCn2ccnn2)c(=O)n(C)c1C. The molecular formula is C14H19N5O2. The van der Waals surface area contributed by atoms with Crippen molar-refractivity contribution in [1.29, 1.82) is 0 Å². The summed E-state index contributed by atoms with van der Waals surface area (Å²) in [6.45, 7) is 4.90. The van der Waals surface area contributed by atoms with E-state index in [1.165, 1.54) is 4.57 Å². The molecule has 0 spiro atoms. The number of nitrogens with one attached hydrogen (secondary N) is 1. The van der Waals surface area contributed by atoms with E-state index in [4.69, 9.17) is 0 Å². The molecule has 0 bridgehead atoms. The summed E-state index contributed by atoms with van der Waals surface area (Å²) in [7, 11) is 1.67. The van der Waals surface area contributed by atoms with Crippen LogP contribution in [0.25, 0.3) is 0 Å². The van der Waals surface area contributed by atoms with Gasteiger partial charge in [-0.05, 0) is 31.9 Å². The lowest BCUT2D eigenvalue weighted by Crippen LogP contribution is -2.34. The lowest BCUT2D eigenvalue weighted by Gasteiger charge is -2.10. The van der Waals surface area contributed by atoms with Gasteiger partial charge in [0.1, 0.15) is 5.56 Å². The molecule has 0 aromatic carbocycles. The van der Waals surface area contributed by atoms with E-state index in [-0.39, 0.29) is 17.0 Å². The Balaban J connectivity index is 1.96. The number of hydrogen-bond donors (Lipinski definition) is 1. The van der Waals surface area contributed by atoms with E-state index in [1.54, 1.807) is 30.2 Å². The Labute approximate surface area is 122 Å². The van der Waals surface area contributed by atoms with Gasteiger partial charge in [0.15, 0.2) is 0 Å².